The summed E-state index contributed by atoms with van der Waals surface area (Å²) in [6.45, 7) is 5.89. The number of carbonyl (C=O) groups excluding carboxylic acids is 1. The highest BCUT2D eigenvalue weighted by Gasteiger charge is 2.26. The Balaban J connectivity index is 1.64. The Labute approximate surface area is 179 Å². The maximum absolute atomic E-state index is 12.1. The Hall–Kier alpha value is -2.41. The minimum Gasteiger partial charge on any atom is -0.377 e. The largest absolute Gasteiger partial charge is 0.377 e. The maximum Gasteiger partial charge on any atom is 0.251 e. The van der Waals surface area contributed by atoms with Crippen molar-refractivity contribution in [1.82, 2.24) is 10.2 Å². The number of carbonyl (C=O) groups is 1. The van der Waals surface area contributed by atoms with E-state index in [9.17, 15) is 4.79 Å². The topological polar surface area (TPSA) is 62.8 Å². The molecular formula is C24H33N3O3. The number of ether oxygens (including phenoxy) is 2. The van der Waals surface area contributed by atoms with Gasteiger partial charge in [-0.2, -0.15) is 0 Å². The normalized spacial score (nSPS) is 17.6. The highest BCUT2D eigenvalue weighted by atomic mass is 16.7. The van der Waals surface area contributed by atoms with Gasteiger partial charge in [-0.25, -0.2) is 0 Å². The first-order chi connectivity index (χ1) is 14.7. The zero-order valence-corrected chi connectivity index (χ0v) is 18.0. The van der Waals surface area contributed by atoms with Crippen molar-refractivity contribution < 1.29 is 14.3 Å². The molecule has 1 amide bonds. The first-order valence-electron chi connectivity index (χ1n) is 10.7. The Morgan fingerprint density at radius 3 is 2.63 bits per heavy atom. The number of benzene rings is 2. The SMILES string of the molecule is CCCNC(=O)c1ccc(N[C@H](CN2CC[C@H](OCOC)C2)c2ccccc2)cc1. The van der Waals surface area contributed by atoms with Crippen molar-refractivity contribution >= 4 is 11.6 Å². The van der Waals surface area contributed by atoms with Gasteiger partial charge in [0.05, 0.1) is 12.1 Å². The Kier molecular flexibility index (Phi) is 8.68. The number of likely N-dealkylation sites (tertiary alicyclic amines) is 1. The van der Waals surface area contributed by atoms with Crippen LogP contribution >= 0.6 is 0 Å². The van der Waals surface area contributed by atoms with E-state index in [2.05, 4.69) is 39.8 Å². The lowest BCUT2D eigenvalue weighted by Crippen LogP contribution is -2.31. The molecule has 1 saturated heterocycles. The fraction of sp³-hybridized carbons (Fsp3) is 0.458. The number of nitrogens with zero attached hydrogens (tertiary/aromatic N) is 1. The molecule has 0 unspecified atom stereocenters. The Morgan fingerprint density at radius 1 is 1.17 bits per heavy atom. The van der Waals surface area contributed by atoms with Gasteiger partial charge in [0.25, 0.3) is 5.91 Å². The minimum atomic E-state index is -0.0258. The number of hydrogen-bond acceptors (Lipinski definition) is 5. The fourth-order valence-electron chi connectivity index (χ4n) is 3.70. The zero-order valence-electron chi connectivity index (χ0n) is 18.0. The van der Waals surface area contributed by atoms with Gasteiger partial charge in [-0.3, -0.25) is 9.69 Å². The van der Waals surface area contributed by atoms with Gasteiger partial charge < -0.3 is 20.1 Å². The van der Waals surface area contributed by atoms with E-state index in [1.165, 1.54) is 5.56 Å². The predicted molar refractivity (Wildman–Crippen MR) is 120 cm³/mol. The van der Waals surface area contributed by atoms with Crippen LogP contribution in [0.2, 0.25) is 0 Å². The van der Waals surface area contributed by atoms with Crippen molar-refractivity contribution in [3.8, 4) is 0 Å². The van der Waals surface area contributed by atoms with Crippen molar-refractivity contribution in [2.75, 3.05) is 45.4 Å². The third-order valence-electron chi connectivity index (χ3n) is 5.32. The van der Waals surface area contributed by atoms with Crippen LogP contribution in [0.25, 0.3) is 0 Å². The molecule has 0 aliphatic carbocycles. The first-order valence-corrected chi connectivity index (χ1v) is 10.7. The number of hydrogen-bond donors (Lipinski definition) is 2. The first kappa shape index (κ1) is 22.3. The molecule has 0 spiro atoms. The molecule has 6 heteroatoms. The molecule has 2 aromatic rings. The van der Waals surface area contributed by atoms with Gasteiger partial charge in [0.15, 0.2) is 0 Å². The van der Waals surface area contributed by atoms with Gasteiger partial charge >= 0.3 is 0 Å². The summed E-state index contributed by atoms with van der Waals surface area (Å²) in [6, 6.07) is 18.3. The molecule has 30 heavy (non-hydrogen) atoms. The van der Waals surface area contributed by atoms with Crippen molar-refractivity contribution in [3.05, 3.63) is 65.7 Å². The van der Waals surface area contributed by atoms with Crippen LogP contribution < -0.4 is 10.6 Å². The molecule has 1 aliphatic heterocycles. The molecule has 162 valence electrons. The number of anilines is 1. The van der Waals surface area contributed by atoms with Crippen LogP contribution in [-0.2, 0) is 9.47 Å². The van der Waals surface area contributed by atoms with E-state index in [0.29, 0.717) is 18.9 Å². The predicted octanol–water partition coefficient (Wildman–Crippen LogP) is 3.67. The molecule has 0 aromatic heterocycles. The number of amides is 1. The van der Waals surface area contributed by atoms with Crippen LogP contribution in [0.1, 0.15) is 41.7 Å². The quantitative estimate of drug-likeness (QED) is 0.553. The third kappa shape index (κ3) is 6.55. The van der Waals surface area contributed by atoms with Gasteiger partial charge in [0, 0.05) is 44.5 Å². The second kappa shape index (κ2) is 11.7. The van der Waals surface area contributed by atoms with Gasteiger partial charge in [-0.1, -0.05) is 37.3 Å². The summed E-state index contributed by atoms with van der Waals surface area (Å²) in [5.74, 6) is -0.0258. The maximum atomic E-state index is 12.1. The van der Waals surface area contributed by atoms with Crippen LogP contribution in [0.5, 0.6) is 0 Å². The summed E-state index contributed by atoms with van der Waals surface area (Å²) in [6.07, 6.45) is 2.17. The highest BCUT2D eigenvalue weighted by molar-refractivity contribution is 5.94. The van der Waals surface area contributed by atoms with Crippen molar-refractivity contribution in [1.29, 1.82) is 0 Å². The van der Waals surface area contributed by atoms with Gasteiger partial charge in [0.2, 0.25) is 0 Å². The average molecular weight is 412 g/mol. The van der Waals surface area contributed by atoms with Crippen LogP contribution in [-0.4, -0.2) is 57.0 Å². The molecule has 2 aromatic carbocycles. The smallest absolute Gasteiger partial charge is 0.251 e. The molecular weight excluding hydrogens is 378 g/mol. The van der Waals surface area contributed by atoms with E-state index < -0.39 is 0 Å². The summed E-state index contributed by atoms with van der Waals surface area (Å²) >= 11 is 0. The van der Waals surface area contributed by atoms with Crippen molar-refractivity contribution in [2.24, 2.45) is 0 Å². The number of rotatable bonds is 11. The second-order valence-corrected chi connectivity index (χ2v) is 7.68. The Morgan fingerprint density at radius 2 is 1.93 bits per heavy atom. The van der Waals surface area contributed by atoms with E-state index in [0.717, 1.165) is 38.2 Å². The monoisotopic (exact) mass is 411 g/mol. The summed E-state index contributed by atoms with van der Waals surface area (Å²) in [5, 5.41) is 6.57. The van der Waals surface area contributed by atoms with E-state index >= 15 is 0 Å². The lowest BCUT2D eigenvalue weighted by atomic mass is 10.1. The summed E-state index contributed by atoms with van der Waals surface area (Å²) in [5.41, 5.74) is 2.92. The van der Waals surface area contributed by atoms with E-state index in [1.807, 2.05) is 37.3 Å². The van der Waals surface area contributed by atoms with Crippen LogP contribution in [0.3, 0.4) is 0 Å². The molecule has 0 bridgehead atoms. The summed E-state index contributed by atoms with van der Waals surface area (Å²) < 4.78 is 10.8. The number of nitrogens with one attached hydrogen (secondary N) is 2. The van der Waals surface area contributed by atoms with Gasteiger partial charge in [0.1, 0.15) is 6.79 Å². The Bertz CT molecular complexity index is 767. The molecule has 3 rings (SSSR count). The van der Waals surface area contributed by atoms with Crippen molar-refractivity contribution in [3.63, 3.8) is 0 Å². The van der Waals surface area contributed by atoms with E-state index in [-0.39, 0.29) is 18.1 Å². The molecule has 2 atom stereocenters. The molecule has 1 heterocycles. The highest BCUT2D eigenvalue weighted by Crippen LogP contribution is 2.24. The van der Waals surface area contributed by atoms with E-state index in [4.69, 9.17) is 9.47 Å². The molecule has 1 fully saturated rings. The lowest BCUT2D eigenvalue weighted by Gasteiger charge is -2.26. The summed E-state index contributed by atoms with van der Waals surface area (Å²) in [4.78, 5) is 14.6. The molecule has 0 radical (unpaired) electrons. The average Bonchev–Trinajstić information content (AvgIpc) is 3.24. The summed E-state index contributed by atoms with van der Waals surface area (Å²) in [7, 11) is 1.65. The minimum absolute atomic E-state index is 0.0258. The second-order valence-electron chi connectivity index (χ2n) is 7.68. The van der Waals surface area contributed by atoms with E-state index in [1.54, 1.807) is 7.11 Å². The van der Waals surface area contributed by atoms with Crippen LogP contribution in [0, 0.1) is 0 Å². The van der Waals surface area contributed by atoms with Gasteiger partial charge in [-0.05, 0) is 42.7 Å². The van der Waals surface area contributed by atoms with Crippen LogP contribution in [0.15, 0.2) is 54.6 Å². The zero-order chi connectivity index (χ0) is 21.2. The van der Waals surface area contributed by atoms with Gasteiger partial charge in [-0.15, -0.1) is 0 Å². The standard InChI is InChI=1S/C24H33N3O3/c1-3-14-25-24(28)20-9-11-21(12-10-20)26-23(19-7-5-4-6-8-19)17-27-15-13-22(16-27)30-18-29-2/h4-12,22-23,26H,3,13-18H2,1-2H3,(H,25,28)/t22-,23+/m0/s1. The molecule has 6 nitrogen and oxygen atoms in total. The third-order valence-corrected chi connectivity index (χ3v) is 5.32. The fourth-order valence-corrected chi connectivity index (χ4v) is 3.70. The molecule has 0 saturated carbocycles. The lowest BCUT2D eigenvalue weighted by molar-refractivity contribution is -0.0671. The number of methoxy groups -OCH3 is 1. The van der Waals surface area contributed by atoms with Crippen LogP contribution in [0.4, 0.5) is 5.69 Å². The molecule has 2 N–H and O–H groups in total. The van der Waals surface area contributed by atoms with Crippen molar-refractivity contribution in [2.45, 2.75) is 31.9 Å². The molecule has 1 aliphatic rings.